The summed E-state index contributed by atoms with van der Waals surface area (Å²) in [5.41, 5.74) is 1.90. The summed E-state index contributed by atoms with van der Waals surface area (Å²) in [5, 5.41) is 1.84. The third-order valence-electron chi connectivity index (χ3n) is 5.24. The van der Waals surface area contributed by atoms with Crippen molar-refractivity contribution in [1.29, 1.82) is 0 Å². The van der Waals surface area contributed by atoms with Crippen LogP contribution in [0.4, 0.5) is 15.8 Å². The molecular weight excluding hydrogens is 489 g/mol. The molecule has 0 aliphatic heterocycles. The summed E-state index contributed by atoms with van der Waals surface area (Å²) in [7, 11) is -0.177. The first-order chi connectivity index (χ1) is 16.7. The van der Waals surface area contributed by atoms with Crippen LogP contribution in [0.15, 0.2) is 87.7 Å². The van der Waals surface area contributed by atoms with E-state index in [2.05, 4.69) is 4.72 Å². The van der Waals surface area contributed by atoms with Crippen LogP contribution in [0.25, 0.3) is 0 Å². The third kappa shape index (κ3) is 5.90. The van der Waals surface area contributed by atoms with Crippen molar-refractivity contribution in [2.75, 3.05) is 23.7 Å². The molecule has 10 heteroatoms. The van der Waals surface area contributed by atoms with Gasteiger partial charge in [-0.05, 0) is 71.6 Å². The predicted molar refractivity (Wildman–Crippen MR) is 135 cm³/mol. The van der Waals surface area contributed by atoms with Crippen molar-refractivity contribution < 1.29 is 22.0 Å². The minimum absolute atomic E-state index is 0.0514. The number of sulfonamides is 1. The van der Waals surface area contributed by atoms with Crippen molar-refractivity contribution in [3.63, 3.8) is 0 Å². The van der Waals surface area contributed by atoms with Crippen LogP contribution < -0.4 is 9.62 Å². The van der Waals surface area contributed by atoms with Crippen molar-refractivity contribution in [3.05, 3.63) is 100 Å². The van der Waals surface area contributed by atoms with Gasteiger partial charge in [-0.3, -0.25) is 9.52 Å². The van der Waals surface area contributed by atoms with E-state index in [1.807, 2.05) is 30.4 Å². The van der Waals surface area contributed by atoms with Crippen LogP contribution in [0.2, 0.25) is 0 Å². The van der Waals surface area contributed by atoms with E-state index in [1.165, 1.54) is 23.5 Å². The van der Waals surface area contributed by atoms with E-state index in [0.29, 0.717) is 16.3 Å². The molecule has 0 atom stereocenters. The number of halogens is 1. The number of furan rings is 1. The van der Waals surface area contributed by atoms with E-state index >= 15 is 0 Å². The fourth-order valence-electron chi connectivity index (χ4n) is 3.59. The molecule has 0 saturated carbocycles. The maximum absolute atomic E-state index is 13.3. The van der Waals surface area contributed by atoms with Crippen molar-refractivity contribution in [3.8, 4) is 0 Å². The smallest absolute Gasteiger partial charge is 0.264 e. The van der Waals surface area contributed by atoms with Gasteiger partial charge in [0.05, 0.1) is 22.6 Å². The number of carbonyl (C=O) groups excluding carboxylic acids is 1. The quantitative estimate of drug-likeness (QED) is 0.333. The van der Waals surface area contributed by atoms with E-state index in [-0.39, 0.29) is 23.9 Å². The Balaban J connectivity index is 1.66. The Hall–Kier alpha value is -3.63. The van der Waals surface area contributed by atoms with E-state index in [4.69, 9.17) is 4.42 Å². The molecule has 1 N–H and O–H groups in total. The molecule has 2 heterocycles. The van der Waals surface area contributed by atoms with Gasteiger partial charge in [-0.1, -0.05) is 6.07 Å². The largest absolute Gasteiger partial charge is 0.467 e. The number of amides is 1. The van der Waals surface area contributed by atoms with Gasteiger partial charge in [0.1, 0.15) is 11.6 Å². The highest BCUT2D eigenvalue weighted by Gasteiger charge is 2.22. The summed E-state index contributed by atoms with van der Waals surface area (Å²) in [6.07, 6.45) is 1.55. The summed E-state index contributed by atoms with van der Waals surface area (Å²) >= 11 is 1.35. The molecule has 0 unspecified atom stereocenters. The normalized spacial score (nSPS) is 11.3. The van der Waals surface area contributed by atoms with E-state index in [1.54, 1.807) is 47.6 Å². The first-order valence-electron chi connectivity index (χ1n) is 10.7. The number of nitrogens with one attached hydrogen (secondary N) is 1. The number of rotatable bonds is 9. The zero-order valence-corrected chi connectivity index (χ0v) is 20.8. The lowest BCUT2D eigenvalue weighted by Gasteiger charge is -2.25. The average Bonchev–Trinajstić information content (AvgIpc) is 3.53. The fourth-order valence-corrected chi connectivity index (χ4v) is 5.33. The number of carbonyl (C=O) groups is 1. The molecule has 0 bridgehead atoms. The van der Waals surface area contributed by atoms with Crippen molar-refractivity contribution in [2.45, 2.75) is 18.0 Å². The third-order valence-corrected chi connectivity index (χ3v) is 7.50. The van der Waals surface area contributed by atoms with Crippen LogP contribution in [0.3, 0.4) is 0 Å². The molecule has 0 aliphatic carbocycles. The predicted octanol–water partition coefficient (Wildman–Crippen LogP) is 5.19. The van der Waals surface area contributed by atoms with Crippen LogP contribution >= 0.6 is 11.3 Å². The second kappa shape index (κ2) is 10.3. The minimum Gasteiger partial charge on any atom is -0.467 e. The molecular formula is C25H24FN3O4S2. The lowest BCUT2D eigenvalue weighted by molar-refractivity contribution is 0.0723. The molecule has 0 radical (unpaired) electrons. The van der Waals surface area contributed by atoms with Gasteiger partial charge in [-0.15, -0.1) is 11.3 Å². The number of hydrogen-bond donors (Lipinski definition) is 1. The summed E-state index contributed by atoms with van der Waals surface area (Å²) in [4.78, 5) is 17.4. The molecule has 182 valence electrons. The summed E-state index contributed by atoms with van der Waals surface area (Å²) in [5.74, 6) is -0.0403. The Labute approximate surface area is 207 Å². The van der Waals surface area contributed by atoms with Crippen LogP contribution in [-0.4, -0.2) is 33.3 Å². The second-order valence-corrected chi connectivity index (χ2v) is 10.6. The van der Waals surface area contributed by atoms with E-state index in [9.17, 15) is 17.6 Å². The number of thiophene rings is 1. The van der Waals surface area contributed by atoms with Gasteiger partial charge in [0.15, 0.2) is 0 Å². The highest BCUT2D eigenvalue weighted by molar-refractivity contribution is 7.92. The standard InChI is InChI=1S/C25H24FN3O4S2/c1-28(2)23-12-9-20(27-35(31,32)22-10-7-19(26)8-11-22)15-18(23)16-29(17-21-5-3-13-33-21)25(30)24-6-4-14-34-24/h3-15,27H,16-17H2,1-2H3. The van der Waals surface area contributed by atoms with Crippen LogP contribution in [0.5, 0.6) is 0 Å². The first-order valence-corrected chi connectivity index (χ1v) is 13.0. The maximum Gasteiger partial charge on any atom is 0.264 e. The Bertz CT molecular complexity index is 1390. The number of hydrogen-bond acceptors (Lipinski definition) is 6. The van der Waals surface area contributed by atoms with Gasteiger partial charge in [0.2, 0.25) is 0 Å². The molecule has 4 aromatic rings. The average molecular weight is 514 g/mol. The Kier molecular flexibility index (Phi) is 7.23. The summed E-state index contributed by atoms with van der Waals surface area (Å²) in [6, 6.07) is 16.9. The highest BCUT2D eigenvalue weighted by Crippen LogP contribution is 2.28. The second-order valence-electron chi connectivity index (χ2n) is 8.02. The Morgan fingerprint density at radius 1 is 1.03 bits per heavy atom. The topological polar surface area (TPSA) is 82.9 Å². The Morgan fingerprint density at radius 3 is 2.43 bits per heavy atom. The molecule has 7 nitrogen and oxygen atoms in total. The molecule has 0 aliphatic rings. The molecule has 1 amide bonds. The van der Waals surface area contributed by atoms with Gasteiger partial charge in [0, 0.05) is 32.0 Å². The lowest BCUT2D eigenvalue weighted by Crippen LogP contribution is -2.30. The van der Waals surface area contributed by atoms with Crippen LogP contribution in [0, 0.1) is 5.82 Å². The molecule has 35 heavy (non-hydrogen) atoms. The van der Waals surface area contributed by atoms with Gasteiger partial charge in [-0.2, -0.15) is 0 Å². The minimum atomic E-state index is -3.93. The number of nitrogens with zero attached hydrogens (tertiary/aromatic N) is 2. The summed E-state index contributed by atoms with van der Waals surface area (Å²) < 4.78 is 46.9. The first kappa shape index (κ1) is 24.5. The van der Waals surface area contributed by atoms with Crippen molar-refractivity contribution in [2.24, 2.45) is 0 Å². The highest BCUT2D eigenvalue weighted by atomic mass is 32.2. The van der Waals surface area contributed by atoms with Crippen molar-refractivity contribution >= 4 is 38.6 Å². The molecule has 0 fully saturated rings. The van der Waals surface area contributed by atoms with Gasteiger partial charge >= 0.3 is 0 Å². The monoisotopic (exact) mass is 513 g/mol. The van der Waals surface area contributed by atoms with Gasteiger partial charge in [0.25, 0.3) is 15.9 Å². The molecule has 0 spiro atoms. The van der Waals surface area contributed by atoms with Crippen LogP contribution in [0.1, 0.15) is 21.0 Å². The molecule has 4 rings (SSSR count). The SMILES string of the molecule is CN(C)c1ccc(NS(=O)(=O)c2ccc(F)cc2)cc1CN(Cc1ccco1)C(=O)c1cccs1. The maximum atomic E-state index is 13.3. The van der Waals surface area contributed by atoms with E-state index in [0.717, 1.165) is 23.4 Å². The number of anilines is 2. The Morgan fingerprint density at radius 2 is 1.80 bits per heavy atom. The summed E-state index contributed by atoms with van der Waals surface area (Å²) in [6.45, 7) is 0.471. The molecule has 0 saturated heterocycles. The molecule has 2 aromatic heterocycles. The van der Waals surface area contributed by atoms with E-state index < -0.39 is 15.8 Å². The van der Waals surface area contributed by atoms with Gasteiger partial charge < -0.3 is 14.2 Å². The van der Waals surface area contributed by atoms with Crippen molar-refractivity contribution in [1.82, 2.24) is 4.90 Å². The zero-order valence-electron chi connectivity index (χ0n) is 19.1. The van der Waals surface area contributed by atoms with Gasteiger partial charge in [-0.25, -0.2) is 12.8 Å². The zero-order chi connectivity index (χ0) is 25.0. The molecule has 2 aromatic carbocycles. The van der Waals surface area contributed by atoms with Crippen LogP contribution in [-0.2, 0) is 23.1 Å². The number of benzene rings is 2. The fraction of sp³-hybridized carbons (Fsp3) is 0.160. The lowest BCUT2D eigenvalue weighted by atomic mass is 10.1.